The number of nitrogens with zero attached hydrogens (tertiary/aromatic N) is 1. The molecule has 90 valence electrons. The van der Waals surface area contributed by atoms with Crippen molar-refractivity contribution in [3.05, 3.63) is 35.4 Å². The zero-order valence-corrected chi connectivity index (χ0v) is 10.7. The van der Waals surface area contributed by atoms with Crippen molar-refractivity contribution in [2.75, 3.05) is 6.54 Å². The minimum absolute atomic E-state index is 0.361. The van der Waals surface area contributed by atoms with E-state index in [2.05, 4.69) is 25.2 Å². The molecule has 1 aromatic rings. The molecule has 1 aliphatic carbocycles. The van der Waals surface area contributed by atoms with Crippen molar-refractivity contribution in [2.24, 2.45) is 5.41 Å². The van der Waals surface area contributed by atoms with Gasteiger partial charge in [0.1, 0.15) is 0 Å². The van der Waals surface area contributed by atoms with Crippen molar-refractivity contribution in [1.29, 1.82) is 5.26 Å². The molecule has 2 heteroatoms. The summed E-state index contributed by atoms with van der Waals surface area (Å²) in [5.74, 6) is 0. The summed E-state index contributed by atoms with van der Waals surface area (Å²) in [5.41, 5.74) is 2.50. The maximum absolute atomic E-state index is 8.75. The first kappa shape index (κ1) is 12.1. The van der Waals surface area contributed by atoms with Gasteiger partial charge in [-0.3, -0.25) is 0 Å². The molecule has 1 aromatic carbocycles. The Labute approximate surface area is 104 Å². The fraction of sp³-hybridized carbons (Fsp3) is 0.533. The molecule has 2 rings (SSSR count). The largest absolute Gasteiger partial charge is 0.310 e. The first-order valence-electron chi connectivity index (χ1n) is 6.36. The minimum Gasteiger partial charge on any atom is -0.310 e. The molecule has 1 N–H and O–H groups in total. The SMILES string of the molecule is CC(NCC1(C)CCC1)c1ccc(C#N)cc1. The summed E-state index contributed by atoms with van der Waals surface area (Å²) >= 11 is 0. The highest BCUT2D eigenvalue weighted by Crippen LogP contribution is 2.39. The highest BCUT2D eigenvalue weighted by molar-refractivity contribution is 5.32. The van der Waals surface area contributed by atoms with Crippen molar-refractivity contribution in [3.8, 4) is 6.07 Å². The van der Waals surface area contributed by atoms with Crippen molar-refractivity contribution in [1.82, 2.24) is 5.32 Å². The molecule has 0 amide bonds. The normalized spacial score (nSPS) is 19.1. The van der Waals surface area contributed by atoms with Crippen molar-refractivity contribution in [2.45, 2.75) is 39.2 Å². The topological polar surface area (TPSA) is 35.8 Å². The van der Waals surface area contributed by atoms with E-state index >= 15 is 0 Å². The lowest BCUT2D eigenvalue weighted by Gasteiger charge is -2.39. The molecular weight excluding hydrogens is 208 g/mol. The lowest BCUT2D eigenvalue weighted by atomic mass is 9.70. The van der Waals surface area contributed by atoms with Crippen LogP contribution in [0.3, 0.4) is 0 Å². The molecule has 1 fully saturated rings. The fourth-order valence-electron chi connectivity index (χ4n) is 2.32. The van der Waals surface area contributed by atoms with Gasteiger partial charge in [0.25, 0.3) is 0 Å². The van der Waals surface area contributed by atoms with Gasteiger partial charge in [0.05, 0.1) is 11.6 Å². The van der Waals surface area contributed by atoms with Gasteiger partial charge in [-0.05, 0) is 42.9 Å². The van der Waals surface area contributed by atoms with Crippen LogP contribution in [-0.2, 0) is 0 Å². The van der Waals surface area contributed by atoms with Gasteiger partial charge in [-0.1, -0.05) is 25.5 Å². The quantitative estimate of drug-likeness (QED) is 0.857. The molecule has 0 aliphatic heterocycles. The van der Waals surface area contributed by atoms with Crippen LogP contribution in [0.25, 0.3) is 0 Å². The van der Waals surface area contributed by atoms with Crippen molar-refractivity contribution in [3.63, 3.8) is 0 Å². The Balaban J connectivity index is 1.90. The summed E-state index contributed by atoms with van der Waals surface area (Å²) in [6, 6.07) is 10.4. The molecule has 0 radical (unpaired) electrons. The van der Waals surface area contributed by atoms with Crippen molar-refractivity contribution >= 4 is 0 Å². The number of hydrogen-bond acceptors (Lipinski definition) is 2. The van der Waals surface area contributed by atoms with E-state index in [4.69, 9.17) is 5.26 Å². The van der Waals surface area contributed by atoms with Crippen LogP contribution in [0.2, 0.25) is 0 Å². The lowest BCUT2D eigenvalue weighted by molar-refractivity contribution is 0.152. The van der Waals surface area contributed by atoms with Crippen LogP contribution in [0, 0.1) is 16.7 Å². The molecule has 17 heavy (non-hydrogen) atoms. The molecule has 1 saturated carbocycles. The van der Waals surface area contributed by atoms with E-state index in [1.807, 2.05) is 24.3 Å². The van der Waals surface area contributed by atoms with Crippen molar-refractivity contribution < 1.29 is 0 Å². The first-order valence-corrected chi connectivity index (χ1v) is 6.36. The van der Waals surface area contributed by atoms with Gasteiger partial charge in [0, 0.05) is 12.6 Å². The molecular formula is C15H20N2. The monoisotopic (exact) mass is 228 g/mol. The molecule has 0 aromatic heterocycles. The van der Waals surface area contributed by atoms with E-state index in [1.54, 1.807) is 0 Å². The van der Waals surface area contributed by atoms with Gasteiger partial charge in [-0.25, -0.2) is 0 Å². The van der Waals surface area contributed by atoms with Crippen LogP contribution in [-0.4, -0.2) is 6.54 Å². The van der Waals surface area contributed by atoms with E-state index in [0.717, 1.165) is 12.1 Å². The number of nitrogens with one attached hydrogen (secondary N) is 1. The van der Waals surface area contributed by atoms with E-state index in [1.165, 1.54) is 24.8 Å². The lowest BCUT2D eigenvalue weighted by Crippen LogP contribution is -2.38. The smallest absolute Gasteiger partial charge is 0.0991 e. The summed E-state index contributed by atoms with van der Waals surface area (Å²) in [6.07, 6.45) is 4.07. The predicted octanol–water partition coefficient (Wildman–Crippen LogP) is 3.40. The first-order chi connectivity index (χ1) is 8.13. The molecule has 1 aliphatic rings. The van der Waals surface area contributed by atoms with Crippen LogP contribution < -0.4 is 5.32 Å². The summed E-state index contributed by atoms with van der Waals surface area (Å²) < 4.78 is 0. The Hall–Kier alpha value is -1.33. The van der Waals surface area contributed by atoms with E-state index < -0.39 is 0 Å². The van der Waals surface area contributed by atoms with Gasteiger partial charge >= 0.3 is 0 Å². The standard InChI is InChI=1S/C15H20N2/c1-12(17-11-15(2)8-3-9-15)14-6-4-13(10-16)5-7-14/h4-7,12,17H,3,8-9,11H2,1-2H3. The second-order valence-corrected chi connectivity index (χ2v) is 5.50. The predicted molar refractivity (Wildman–Crippen MR) is 69.5 cm³/mol. The van der Waals surface area contributed by atoms with Crippen LogP contribution in [0.4, 0.5) is 0 Å². The van der Waals surface area contributed by atoms with Crippen LogP contribution in [0.1, 0.15) is 50.3 Å². The van der Waals surface area contributed by atoms with Crippen LogP contribution >= 0.6 is 0 Å². The molecule has 1 unspecified atom stereocenters. The molecule has 0 bridgehead atoms. The van der Waals surface area contributed by atoms with Gasteiger partial charge in [0.15, 0.2) is 0 Å². The van der Waals surface area contributed by atoms with Gasteiger partial charge in [0.2, 0.25) is 0 Å². The average molecular weight is 228 g/mol. The molecule has 2 nitrogen and oxygen atoms in total. The highest BCUT2D eigenvalue weighted by atomic mass is 14.9. The highest BCUT2D eigenvalue weighted by Gasteiger charge is 2.31. The second kappa shape index (κ2) is 4.89. The summed E-state index contributed by atoms with van der Waals surface area (Å²) in [4.78, 5) is 0. The van der Waals surface area contributed by atoms with E-state index in [9.17, 15) is 0 Å². The number of nitriles is 1. The Morgan fingerprint density at radius 1 is 1.35 bits per heavy atom. The Kier molecular flexibility index (Phi) is 3.49. The minimum atomic E-state index is 0.361. The summed E-state index contributed by atoms with van der Waals surface area (Å²) in [7, 11) is 0. The van der Waals surface area contributed by atoms with Gasteiger partial charge < -0.3 is 5.32 Å². The molecule has 0 saturated heterocycles. The van der Waals surface area contributed by atoms with Crippen LogP contribution in [0.5, 0.6) is 0 Å². The molecule has 1 atom stereocenters. The summed E-state index contributed by atoms with van der Waals surface area (Å²) in [5, 5.41) is 12.3. The Morgan fingerprint density at radius 2 is 2.00 bits per heavy atom. The number of benzene rings is 1. The average Bonchev–Trinajstić information content (AvgIpc) is 2.33. The number of rotatable bonds is 4. The zero-order chi connectivity index (χ0) is 12.3. The maximum Gasteiger partial charge on any atom is 0.0991 e. The molecule has 0 heterocycles. The Morgan fingerprint density at radius 3 is 2.47 bits per heavy atom. The number of hydrogen-bond donors (Lipinski definition) is 1. The third-order valence-electron chi connectivity index (χ3n) is 3.94. The zero-order valence-electron chi connectivity index (χ0n) is 10.7. The van der Waals surface area contributed by atoms with E-state index in [-0.39, 0.29) is 0 Å². The maximum atomic E-state index is 8.75. The third kappa shape index (κ3) is 2.87. The van der Waals surface area contributed by atoms with Gasteiger partial charge in [-0.2, -0.15) is 5.26 Å². The van der Waals surface area contributed by atoms with Crippen LogP contribution in [0.15, 0.2) is 24.3 Å². The van der Waals surface area contributed by atoms with E-state index in [0.29, 0.717) is 11.5 Å². The Bertz CT molecular complexity index is 410. The second-order valence-electron chi connectivity index (χ2n) is 5.50. The third-order valence-corrected chi connectivity index (χ3v) is 3.94. The summed E-state index contributed by atoms with van der Waals surface area (Å²) in [6.45, 7) is 5.63. The van der Waals surface area contributed by atoms with Gasteiger partial charge in [-0.15, -0.1) is 0 Å². The molecule has 0 spiro atoms. The fourth-order valence-corrected chi connectivity index (χ4v) is 2.32.